The van der Waals surface area contributed by atoms with E-state index in [-0.39, 0.29) is 6.09 Å². The molecule has 1 rings (SSSR count). The van der Waals surface area contributed by atoms with Crippen molar-refractivity contribution in [3.8, 4) is 0 Å². The van der Waals surface area contributed by atoms with E-state index in [9.17, 15) is 9.90 Å². The number of carbonyl (C=O) groups is 1. The van der Waals surface area contributed by atoms with Crippen molar-refractivity contribution < 1.29 is 14.6 Å². The fourth-order valence-electron chi connectivity index (χ4n) is 1.66. The molecule has 1 heterocycles. The number of likely N-dealkylation sites (tertiary alicyclic amines) is 1. The molecule has 1 amide bonds. The second-order valence-corrected chi connectivity index (χ2v) is 4.04. The van der Waals surface area contributed by atoms with Gasteiger partial charge in [0.1, 0.15) is 0 Å². The summed E-state index contributed by atoms with van der Waals surface area (Å²) in [6, 6.07) is 0. The van der Waals surface area contributed by atoms with Gasteiger partial charge in [0.25, 0.3) is 0 Å². The van der Waals surface area contributed by atoms with Crippen LogP contribution in [0.15, 0.2) is 0 Å². The summed E-state index contributed by atoms with van der Waals surface area (Å²) < 4.78 is 4.91. The van der Waals surface area contributed by atoms with E-state index in [0.717, 1.165) is 12.8 Å². The molecule has 1 fully saturated rings. The van der Waals surface area contributed by atoms with Gasteiger partial charge in [0, 0.05) is 13.1 Å². The fraction of sp³-hybridized carbons (Fsp3) is 0.900. The van der Waals surface area contributed by atoms with Gasteiger partial charge in [-0.2, -0.15) is 0 Å². The van der Waals surface area contributed by atoms with Crippen molar-refractivity contribution in [3.05, 3.63) is 0 Å². The molecule has 14 heavy (non-hydrogen) atoms. The quantitative estimate of drug-likeness (QED) is 0.697. The van der Waals surface area contributed by atoms with Gasteiger partial charge in [-0.05, 0) is 33.1 Å². The lowest BCUT2D eigenvalue weighted by Crippen LogP contribution is -2.33. The highest BCUT2D eigenvalue weighted by atomic mass is 16.6. The summed E-state index contributed by atoms with van der Waals surface area (Å²) in [7, 11) is 0. The van der Waals surface area contributed by atoms with Crippen LogP contribution in [0.2, 0.25) is 0 Å². The molecule has 1 unspecified atom stereocenters. The standard InChI is InChI=1S/C10H19NO3/c1-3-14-9(12)11-7-4-5-10(2,13)6-8-11/h13H,3-8H2,1-2H3. The van der Waals surface area contributed by atoms with E-state index in [0.29, 0.717) is 26.1 Å². The van der Waals surface area contributed by atoms with E-state index < -0.39 is 5.60 Å². The van der Waals surface area contributed by atoms with Gasteiger partial charge in [0.15, 0.2) is 0 Å². The van der Waals surface area contributed by atoms with Gasteiger partial charge in [-0.1, -0.05) is 0 Å². The largest absolute Gasteiger partial charge is 0.450 e. The summed E-state index contributed by atoms with van der Waals surface area (Å²) in [5.74, 6) is 0. The number of ether oxygens (including phenoxy) is 1. The van der Waals surface area contributed by atoms with Crippen LogP contribution in [0.3, 0.4) is 0 Å². The fourth-order valence-corrected chi connectivity index (χ4v) is 1.66. The van der Waals surface area contributed by atoms with Gasteiger partial charge in [0.2, 0.25) is 0 Å². The van der Waals surface area contributed by atoms with E-state index in [4.69, 9.17) is 4.74 Å². The zero-order valence-corrected chi connectivity index (χ0v) is 8.95. The molecule has 0 aliphatic carbocycles. The second kappa shape index (κ2) is 4.64. The molecule has 1 aliphatic rings. The Labute approximate surface area is 84.8 Å². The average Bonchev–Trinajstić information content (AvgIpc) is 2.27. The number of rotatable bonds is 1. The van der Waals surface area contributed by atoms with Crippen LogP contribution in [0.1, 0.15) is 33.1 Å². The zero-order chi connectivity index (χ0) is 10.6. The molecule has 0 bridgehead atoms. The SMILES string of the molecule is CCOC(=O)N1CCCC(C)(O)CC1. The Morgan fingerprint density at radius 1 is 1.50 bits per heavy atom. The van der Waals surface area contributed by atoms with Crippen molar-refractivity contribution in [2.45, 2.75) is 38.7 Å². The lowest BCUT2D eigenvalue weighted by molar-refractivity contribution is 0.0439. The van der Waals surface area contributed by atoms with Crippen molar-refractivity contribution in [1.29, 1.82) is 0 Å². The summed E-state index contributed by atoms with van der Waals surface area (Å²) >= 11 is 0. The van der Waals surface area contributed by atoms with Crippen LogP contribution in [0.25, 0.3) is 0 Å². The maximum absolute atomic E-state index is 11.4. The molecule has 1 N–H and O–H groups in total. The first-order valence-electron chi connectivity index (χ1n) is 5.19. The minimum Gasteiger partial charge on any atom is -0.450 e. The molecule has 0 aromatic carbocycles. The number of hydrogen-bond acceptors (Lipinski definition) is 3. The van der Waals surface area contributed by atoms with Gasteiger partial charge in [-0.25, -0.2) is 4.79 Å². The van der Waals surface area contributed by atoms with Gasteiger partial charge in [-0.3, -0.25) is 0 Å². The summed E-state index contributed by atoms with van der Waals surface area (Å²) in [5.41, 5.74) is -0.624. The Morgan fingerprint density at radius 3 is 2.86 bits per heavy atom. The van der Waals surface area contributed by atoms with Gasteiger partial charge < -0.3 is 14.7 Å². The van der Waals surface area contributed by atoms with Crippen LogP contribution in [-0.2, 0) is 4.74 Å². The number of amides is 1. The number of nitrogens with zero attached hydrogens (tertiary/aromatic N) is 1. The van der Waals surface area contributed by atoms with Crippen LogP contribution >= 0.6 is 0 Å². The molecule has 1 atom stereocenters. The molecule has 0 radical (unpaired) electrons. The van der Waals surface area contributed by atoms with Crippen LogP contribution in [-0.4, -0.2) is 41.4 Å². The summed E-state index contributed by atoms with van der Waals surface area (Å²) in [4.78, 5) is 13.1. The Morgan fingerprint density at radius 2 is 2.21 bits per heavy atom. The van der Waals surface area contributed by atoms with E-state index in [1.165, 1.54) is 0 Å². The van der Waals surface area contributed by atoms with Gasteiger partial charge in [0.05, 0.1) is 12.2 Å². The molecular formula is C10H19NO3. The first-order valence-corrected chi connectivity index (χ1v) is 5.19. The van der Waals surface area contributed by atoms with E-state index in [2.05, 4.69) is 0 Å². The first-order chi connectivity index (χ1) is 6.55. The third-order valence-electron chi connectivity index (χ3n) is 2.59. The van der Waals surface area contributed by atoms with Crippen LogP contribution in [0.5, 0.6) is 0 Å². The van der Waals surface area contributed by atoms with Gasteiger partial charge >= 0.3 is 6.09 Å². The normalized spacial score (nSPS) is 28.4. The minimum absolute atomic E-state index is 0.259. The molecule has 4 nitrogen and oxygen atoms in total. The summed E-state index contributed by atoms with van der Waals surface area (Å²) in [6.45, 7) is 5.31. The molecule has 0 aromatic rings. The molecule has 1 aliphatic heterocycles. The summed E-state index contributed by atoms with van der Waals surface area (Å²) in [5, 5.41) is 9.81. The Kier molecular flexibility index (Phi) is 3.75. The molecule has 0 spiro atoms. The number of carbonyl (C=O) groups excluding carboxylic acids is 1. The van der Waals surface area contributed by atoms with Gasteiger partial charge in [-0.15, -0.1) is 0 Å². The Balaban J connectivity index is 2.45. The Bertz CT molecular complexity index is 204. The molecular weight excluding hydrogens is 182 g/mol. The molecule has 4 heteroatoms. The van der Waals surface area contributed by atoms with E-state index >= 15 is 0 Å². The number of hydrogen-bond donors (Lipinski definition) is 1. The molecule has 0 saturated carbocycles. The average molecular weight is 201 g/mol. The van der Waals surface area contributed by atoms with Crippen LogP contribution in [0.4, 0.5) is 4.79 Å². The van der Waals surface area contributed by atoms with Crippen molar-refractivity contribution in [2.24, 2.45) is 0 Å². The summed E-state index contributed by atoms with van der Waals surface area (Å²) in [6.07, 6.45) is 1.96. The van der Waals surface area contributed by atoms with E-state index in [1.54, 1.807) is 11.8 Å². The lowest BCUT2D eigenvalue weighted by Gasteiger charge is -2.21. The lowest BCUT2D eigenvalue weighted by atomic mass is 9.98. The highest BCUT2D eigenvalue weighted by Gasteiger charge is 2.27. The molecule has 0 aromatic heterocycles. The molecule has 1 saturated heterocycles. The van der Waals surface area contributed by atoms with Crippen molar-refractivity contribution in [1.82, 2.24) is 4.90 Å². The Hall–Kier alpha value is -0.770. The van der Waals surface area contributed by atoms with Crippen molar-refractivity contribution in [3.63, 3.8) is 0 Å². The monoisotopic (exact) mass is 201 g/mol. The van der Waals surface area contributed by atoms with E-state index in [1.807, 2.05) is 6.92 Å². The highest BCUT2D eigenvalue weighted by Crippen LogP contribution is 2.21. The topological polar surface area (TPSA) is 49.8 Å². The number of aliphatic hydroxyl groups is 1. The minimum atomic E-state index is -0.624. The third kappa shape index (κ3) is 3.18. The zero-order valence-electron chi connectivity index (χ0n) is 8.95. The molecule has 82 valence electrons. The predicted molar refractivity (Wildman–Crippen MR) is 53.1 cm³/mol. The second-order valence-electron chi connectivity index (χ2n) is 4.04. The third-order valence-corrected chi connectivity index (χ3v) is 2.59. The van der Waals surface area contributed by atoms with Crippen molar-refractivity contribution in [2.75, 3.05) is 19.7 Å². The first kappa shape index (κ1) is 11.3. The van der Waals surface area contributed by atoms with Crippen molar-refractivity contribution >= 4 is 6.09 Å². The maximum Gasteiger partial charge on any atom is 0.409 e. The van der Waals surface area contributed by atoms with Crippen LogP contribution < -0.4 is 0 Å². The smallest absolute Gasteiger partial charge is 0.409 e. The van der Waals surface area contributed by atoms with Crippen LogP contribution in [0, 0.1) is 0 Å². The highest BCUT2D eigenvalue weighted by molar-refractivity contribution is 5.67. The predicted octanol–water partition coefficient (Wildman–Crippen LogP) is 1.38. The maximum atomic E-state index is 11.4.